The summed E-state index contributed by atoms with van der Waals surface area (Å²) < 4.78 is 26.2. The van der Waals surface area contributed by atoms with E-state index in [1.165, 1.54) is 36.7 Å². The summed E-state index contributed by atoms with van der Waals surface area (Å²) in [6, 6.07) is 2.79. The van der Waals surface area contributed by atoms with Gasteiger partial charge < -0.3 is 5.32 Å². The number of rotatable bonds is 5. The van der Waals surface area contributed by atoms with E-state index in [9.17, 15) is 13.6 Å². The molecule has 0 unspecified atom stereocenters. The highest BCUT2D eigenvalue weighted by molar-refractivity contribution is 7.15. The normalized spacial score (nSPS) is 16.4. The molecule has 1 aromatic heterocycles. The van der Waals surface area contributed by atoms with Gasteiger partial charge in [0.05, 0.1) is 0 Å². The van der Waals surface area contributed by atoms with E-state index in [0.717, 1.165) is 30.0 Å². The Bertz CT molecular complexity index is 746. The SMILES string of the molecule is C[C@@H](Nc1ccc(F)c(F)c1)C(=O)Nc1nnc(C2CCCCC2)s1. The number of hydrogen-bond acceptors (Lipinski definition) is 5. The first kappa shape index (κ1) is 17.7. The number of amides is 1. The lowest BCUT2D eigenvalue weighted by atomic mass is 9.90. The van der Waals surface area contributed by atoms with Gasteiger partial charge in [-0.15, -0.1) is 10.2 Å². The predicted molar refractivity (Wildman–Crippen MR) is 93.8 cm³/mol. The van der Waals surface area contributed by atoms with E-state index in [0.29, 0.717) is 16.7 Å². The summed E-state index contributed by atoms with van der Waals surface area (Å²) in [5, 5.41) is 15.2. The highest BCUT2D eigenvalue weighted by atomic mass is 32.1. The highest BCUT2D eigenvalue weighted by Crippen LogP contribution is 2.35. The number of carbonyl (C=O) groups is 1. The number of nitrogens with one attached hydrogen (secondary N) is 2. The number of carbonyl (C=O) groups excluding carboxylic acids is 1. The summed E-state index contributed by atoms with van der Waals surface area (Å²) in [5.74, 6) is -1.75. The smallest absolute Gasteiger partial charge is 0.248 e. The molecule has 1 aliphatic carbocycles. The number of aromatic nitrogens is 2. The molecule has 134 valence electrons. The Morgan fingerprint density at radius 1 is 1.20 bits per heavy atom. The third-order valence-electron chi connectivity index (χ3n) is 4.32. The van der Waals surface area contributed by atoms with Gasteiger partial charge in [0.25, 0.3) is 0 Å². The molecule has 0 bridgehead atoms. The molecule has 2 N–H and O–H groups in total. The second kappa shape index (κ2) is 7.86. The fourth-order valence-electron chi connectivity index (χ4n) is 2.91. The van der Waals surface area contributed by atoms with E-state index in [-0.39, 0.29) is 5.91 Å². The molecule has 8 heteroatoms. The maximum Gasteiger partial charge on any atom is 0.248 e. The second-order valence-corrected chi connectivity index (χ2v) is 7.27. The van der Waals surface area contributed by atoms with E-state index in [2.05, 4.69) is 20.8 Å². The van der Waals surface area contributed by atoms with Crippen molar-refractivity contribution < 1.29 is 13.6 Å². The quantitative estimate of drug-likeness (QED) is 0.828. The standard InChI is InChI=1S/C17H20F2N4OS/c1-10(20-12-7-8-13(18)14(19)9-12)15(24)21-17-23-22-16(25-17)11-5-3-2-4-6-11/h7-11,20H,2-6H2,1H3,(H,21,23,24)/t10-/m1/s1. The number of anilines is 2. The molecular formula is C17H20F2N4OS. The molecule has 1 aliphatic rings. The summed E-state index contributed by atoms with van der Waals surface area (Å²) in [6.07, 6.45) is 5.93. The zero-order valence-corrected chi connectivity index (χ0v) is 14.7. The van der Waals surface area contributed by atoms with Crippen LogP contribution in [0.25, 0.3) is 0 Å². The van der Waals surface area contributed by atoms with Gasteiger partial charge in [-0.05, 0) is 31.9 Å². The van der Waals surface area contributed by atoms with Gasteiger partial charge in [-0.1, -0.05) is 30.6 Å². The molecule has 1 aromatic carbocycles. The first-order valence-electron chi connectivity index (χ1n) is 8.39. The predicted octanol–water partition coefficient (Wildman–Crippen LogP) is 4.30. The first-order chi connectivity index (χ1) is 12.0. The van der Waals surface area contributed by atoms with E-state index in [4.69, 9.17) is 0 Å². The third-order valence-corrected chi connectivity index (χ3v) is 5.32. The van der Waals surface area contributed by atoms with Crippen LogP contribution in [0.3, 0.4) is 0 Å². The van der Waals surface area contributed by atoms with Crippen LogP contribution in [0.5, 0.6) is 0 Å². The Kier molecular flexibility index (Phi) is 5.57. The van der Waals surface area contributed by atoms with Crippen molar-refractivity contribution in [1.82, 2.24) is 10.2 Å². The minimum atomic E-state index is -0.959. The van der Waals surface area contributed by atoms with E-state index in [1.54, 1.807) is 6.92 Å². The van der Waals surface area contributed by atoms with Crippen LogP contribution in [0.4, 0.5) is 19.6 Å². The van der Waals surface area contributed by atoms with Gasteiger partial charge in [0.1, 0.15) is 11.0 Å². The van der Waals surface area contributed by atoms with E-state index >= 15 is 0 Å². The first-order valence-corrected chi connectivity index (χ1v) is 9.20. The number of nitrogens with zero attached hydrogens (tertiary/aromatic N) is 2. The monoisotopic (exact) mass is 366 g/mol. The van der Waals surface area contributed by atoms with Gasteiger partial charge in [-0.3, -0.25) is 10.1 Å². The number of hydrogen-bond donors (Lipinski definition) is 2. The molecule has 0 aliphatic heterocycles. The van der Waals surface area contributed by atoms with Crippen molar-refractivity contribution in [2.45, 2.75) is 51.0 Å². The van der Waals surface area contributed by atoms with Crippen LogP contribution in [0, 0.1) is 11.6 Å². The molecule has 0 saturated heterocycles. The Hall–Kier alpha value is -2.09. The number of benzene rings is 1. The average molecular weight is 366 g/mol. The summed E-state index contributed by atoms with van der Waals surface area (Å²) in [6.45, 7) is 1.64. The van der Waals surface area contributed by atoms with Crippen molar-refractivity contribution in [3.63, 3.8) is 0 Å². The molecule has 25 heavy (non-hydrogen) atoms. The van der Waals surface area contributed by atoms with Crippen LogP contribution in [0.2, 0.25) is 0 Å². The molecule has 2 aromatic rings. The van der Waals surface area contributed by atoms with Gasteiger partial charge in [0, 0.05) is 17.7 Å². The molecule has 1 fully saturated rings. The Morgan fingerprint density at radius 2 is 1.96 bits per heavy atom. The summed E-state index contributed by atoms with van der Waals surface area (Å²) >= 11 is 1.40. The van der Waals surface area contributed by atoms with Crippen molar-refractivity contribution in [3.05, 3.63) is 34.8 Å². The van der Waals surface area contributed by atoms with Crippen LogP contribution >= 0.6 is 11.3 Å². The van der Waals surface area contributed by atoms with Crippen molar-refractivity contribution in [3.8, 4) is 0 Å². The lowest BCUT2D eigenvalue weighted by Crippen LogP contribution is -2.31. The zero-order chi connectivity index (χ0) is 17.8. The van der Waals surface area contributed by atoms with Crippen molar-refractivity contribution in [2.75, 3.05) is 10.6 Å². The fourth-order valence-corrected chi connectivity index (χ4v) is 3.83. The van der Waals surface area contributed by atoms with Crippen molar-refractivity contribution in [2.24, 2.45) is 0 Å². The molecule has 5 nitrogen and oxygen atoms in total. The zero-order valence-electron chi connectivity index (χ0n) is 13.9. The third kappa shape index (κ3) is 4.50. The van der Waals surface area contributed by atoms with Crippen LogP contribution in [0.1, 0.15) is 50.0 Å². The maximum atomic E-state index is 13.2. The minimum absolute atomic E-state index is 0.309. The number of halogens is 2. The Balaban J connectivity index is 1.57. The van der Waals surface area contributed by atoms with Crippen LogP contribution in [0.15, 0.2) is 18.2 Å². The highest BCUT2D eigenvalue weighted by Gasteiger charge is 2.21. The molecule has 1 atom stereocenters. The van der Waals surface area contributed by atoms with E-state index < -0.39 is 17.7 Å². The molecule has 1 saturated carbocycles. The van der Waals surface area contributed by atoms with Crippen LogP contribution < -0.4 is 10.6 Å². The second-order valence-electron chi connectivity index (χ2n) is 6.26. The minimum Gasteiger partial charge on any atom is -0.374 e. The van der Waals surface area contributed by atoms with Gasteiger partial charge >= 0.3 is 0 Å². The lowest BCUT2D eigenvalue weighted by molar-refractivity contribution is -0.116. The van der Waals surface area contributed by atoms with Crippen LogP contribution in [-0.4, -0.2) is 22.1 Å². The lowest BCUT2D eigenvalue weighted by Gasteiger charge is -2.18. The summed E-state index contributed by atoms with van der Waals surface area (Å²) in [4.78, 5) is 12.3. The molecule has 1 heterocycles. The fraction of sp³-hybridized carbons (Fsp3) is 0.471. The van der Waals surface area contributed by atoms with Gasteiger partial charge in [0.15, 0.2) is 11.6 Å². The van der Waals surface area contributed by atoms with Gasteiger partial charge in [-0.25, -0.2) is 8.78 Å². The molecule has 1 amide bonds. The van der Waals surface area contributed by atoms with Gasteiger partial charge in [-0.2, -0.15) is 0 Å². The summed E-state index contributed by atoms with van der Waals surface area (Å²) in [5.41, 5.74) is 0.335. The molecule has 3 rings (SSSR count). The molecule has 0 radical (unpaired) electrons. The van der Waals surface area contributed by atoms with Crippen molar-refractivity contribution in [1.29, 1.82) is 0 Å². The van der Waals surface area contributed by atoms with Crippen molar-refractivity contribution >= 4 is 28.1 Å². The van der Waals surface area contributed by atoms with Crippen LogP contribution in [-0.2, 0) is 4.79 Å². The average Bonchev–Trinajstić information content (AvgIpc) is 3.07. The molecular weight excluding hydrogens is 346 g/mol. The van der Waals surface area contributed by atoms with Gasteiger partial charge in [0.2, 0.25) is 11.0 Å². The summed E-state index contributed by atoms with van der Waals surface area (Å²) in [7, 11) is 0. The Labute approximate surface area is 148 Å². The maximum absolute atomic E-state index is 13.2. The van der Waals surface area contributed by atoms with E-state index in [1.807, 2.05) is 0 Å². The Morgan fingerprint density at radius 3 is 2.68 bits per heavy atom. The molecule has 0 spiro atoms. The largest absolute Gasteiger partial charge is 0.374 e. The topological polar surface area (TPSA) is 66.9 Å².